The molecule has 2 aromatic rings. The van der Waals surface area contributed by atoms with Gasteiger partial charge >= 0.3 is 6.18 Å². The average Bonchev–Trinajstić information content (AvgIpc) is 2.93. The number of nitrogens with one attached hydrogen (secondary N) is 2. The number of pyridine rings is 1. The molecule has 0 spiro atoms. The maximum atomic E-state index is 12.3. The van der Waals surface area contributed by atoms with Crippen molar-refractivity contribution in [1.29, 1.82) is 0 Å². The predicted octanol–water partition coefficient (Wildman–Crippen LogP) is 1.55. The monoisotopic (exact) mass is 297 g/mol. The van der Waals surface area contributed by atoms with Crippen LogP contribution in [0.4, 0.5) is 13.2 Å². The minimum absolute atomic E-state index is 0.0759. The summed E-state index contributed by atoms with van der Waals surface area (Å²) >= 11 is 0. The Labute approximate surface area is 117 Å². The van der Waals surface area contributed by atoms with Gasteiger partial charge in [0.25, 0.3) is 5.82 Å². The molecule has 0 aliphatic heterocycles. The number of carbonyl (C=O) groups is 1. The smallest absolute Gasteiger partial charge is 0.345 e. The Morgan fingerprint density at radius 3 is 2.67 bits per heavy atom. The van der Waals surface area contributed by atoms with Crippen LogP contribution in [-0.4, -0.2) is 26.1 Å². The number of hydrogen-bond donors (Lipinski definition) is 2. The third kappa shape index (κ3) is 4.41. The highest BCUT2D eigenvalue weighted by molar-refractivity contribution is 5.91. The number of aromatic nitrogens is 4. The van der Waals surface area contributed by atoms with E-state index >= 15 is 0 Å². The maximum Gasteiger partial charge on any atom is 0.453 e. The lowest BCUT2D eigenvalue weighted by atomic mass is 10.2. The minimum Gasteiger partial charge on any atom is -0.345 e. The van der Waals surface area contributed by atoms with Crippen molar-refractivity contribution in [2.24, 2.45) is 0 Å². The summed E-state index contributed by atoms with van der Waals surface area (Å²) in [5.74, 6) is -1.80. The molecule has 0 bridgehead atoms. The largest absolute Gasteiger partial charge is 0.453 e. The zero-order valence-corrected chi connectivity index (χ0v) is 10.6. The SMILES string of the molecule is O=C(/C=C/c1ccncc1)NCc1nc(C(F)(F)F)n[nH]1. The Bertz CT molecular complexity index is 636. The molecule has 0 unspecified atom stereocenters. The van der Waals surface area contributed by atoms with Crippen LogP contribution in [0.1, 0.15) is 17.2 Å². The van der Waals surface area contributed by atoms with Crippen molar-refractivity contribution < 1.29 is 18.0 Å². The topological polar surface area (TPSA) is 83.6 Å². The molecule has 2 heterocycles. The van der Waals surface area contributed by atoms with E-state index in [1.807, 2.05) is 0 Å². The highest BCUT2D eigenvalue weighted by atomic mass is 19.4. The molecule has 2 rings (SSSR count). The Balaban J connectivity index is 1.87. The zero-order chi connectivity index (χ0) is 15.3. The summed E-state index contributed by atoms with van der Waals surface area (Å²) in [6, 6.07) is 3.41. The Kier molecular flexibility index (Phi) is 4.31. The minimum atomic E-state index is -4.61. The zero-order valence-electron chi connectivity index (χ0n) is 10.6. The van der Waals surface area contributed by atoms with Gasteiger partial charge in [-0.2, -0.15) is 13.2 Å². The molecule has 0 fully saturated rings. The molecule has 0 saturated carbocycles. The van der Waals surface area contributed by atoms with Crippen LogP contribution in [0.3, 0.4) is 0 Å². The van der Waals surface area contributed by atoms with Crippen molar-refractivity contribution in [3.63, 3.8) is 0 Å². The lowest BCUT2D eigenvalue weighted by Gasteiger charge is -1.99. The summed E-state index contributed by atoms with van der Waals surface area (Å²) in [4.78, 5) is 18.6. The van der Waals surface area contributed by atoms with E-state index in [9.17, 15) is 18.0 Å². The van der Waals surface area contributed by atoms with Crippen molar-refractivity contribution in [1.82, 2.24) is 25.5 Å². The highest BCUT2D eigenvalue weighted by Gasteiger charge is 2.35. The fourth-order valence-corrected chi connectivity index (χ4v) is 1.38. The van der Waals surface area contributed by atoms with E-state index in [-0.39, 0.29) is 12.4 Å². The maximum absolute atomic E-state index is 12.3. The normalized spacial score (nSPS) is 11.8. The van der Waals surface area contributed by atoms with Crippen LogP contribution in [0.25, 0.3) is 6.08 Å². The van der Waals surface area contributed by atoms with Gasteiger partial charge in [0.2, 0.25) is 5.91 Å². The number of halogens is 3. The lowest BCUT2D eigenvalue weighted by molar-refractivity contribution is -0.144. The van der Waals surface area contributed by atoms with E-state index in [0.29, 0.717) is 0 Å². The van der Waals surface area contributed by atoms with Crippen molar-refractivity contribution in [3.8, 4) is 0 Å². The molecule has 110 valence electrons. The number of hydrogen-bond acceptors (Lipinski definition) is 4. The van der Waals surface area contributed by atoms with Crippen molar-refractivity contribution in [2.75, 3.05) is 0 Å². The van der Waals surface area contributed by atoms with E-state index < -0.39 is 17.9 Å². The van der Waals surface area contributed by atoms with Gasteiger partial charge in [0.15, 0.2) is 0 Å². The lowest BCUT2D eigenvalue weighted by Crippen LogP contribution is -2.21. The van der Waals surface area contributed by atoms with Gasteiger partial charge in [-0.15, -0.1) is 5.10 Å². The Hall–Kier alpha value is -2.71. The first kappa shape index (κ1) is 14.7. The van der Waals surface area contributed by atoms with Gasteiger partial charge in [-0.05, 0) is 23.8 Å². The van der Waals surface area contributed by atoms with Crippen molar-refractivity contribution in [2.45, 2.75) is 12.7 Å². The van der Waals surface area contributed by atoms with Crippen LogP contribution in [0.15, 0.2) is 30.6 Å². The second-order valence-electron chi connectivity index (χ2n) is 3.94. The standard InChI is InChI=1S/C12H10F3N5O/c13-12(14,15)11-18-9(19-20-11)7-17-10(21)2-1-8-3-5-16-6-4-8/h1-6H,7H2,(H,17,21)(H,18,19,20)/b2-1+. The number of amides is 1. The van der Waals surface area contributed by atoms with Gasteiger partial charge in [-0.3, -0.25) is 14.9 Å². The van der Waals surface area contributed by atoms with Gasteiger partial charge < -0.3 is 5.32 Å². The molecule has 0 atom stereocenters. The summed E-state index contributed by atoms with van der Waals surface area (Å²) in [6.07, 6.45) is 1.35. The number of carbonyl (C=O) groups excluding carboxylic acids is 1. The van der Waals surface area contributed by atoms with Gasteiger partial charge in [-0.25, -0.2) is 4.98 Å². The summed E-state index contributed by atoms with van der Waals surface area (Å²) < 4.78 is 36.8. The van der Waals surface area contributed by atoms with Crippen molar-refractivity contribution >= 4 is 12.0 Å². The van der Waals surface area contributed by atoms with Crippen LogP contribution in [0.2, 0.25) is 0 Å². The van der Waals surface area contributed by atoms with Crippen LogP contribution < -0.4 is 5.32 Å². The second-order valence-corrected chi connectivity index (χ2v) is 3.94. The predicted molar refractivity (Wildman–Crippen MR) is 66.5 cm³/mol. The third-order valence-electron chi connectivity index (χ3n) is 2.35. The molecule has 0 saturated heterocycles. The van der Waals surface area contributed by atoms with Gasteiger partial charge in [-0.1, -0.05) is 0 Å². The Morgan fingerprint density at radius 1 is 1.33 bits per heavy atom. The number of nitrogens with zero attached hydrogens (tertiary/aromatic N) is 3. The third-order valence-corrected chi connectivity index (χ3v) is 2.35. The average molecular weight is 297 g/mol. The number of rotatable bonds is 4. The van der Waals surface area contributed by atoms with Crippen LogP contribution in [-0.2, 0) is 17.5 Å². The van der Waals surface area contributed by atoms with Crippen LogP contribution in [0, 0.1) is 0 Å². The second kappa shape index (κ2) is 6.16. The number of aromatic amines is 1. The molecule has 0 aromatic carbocycles. The molecule has 2 aromatic heterocycles. The molecule has 21 heavy (non-hydrogen) atoms. The molecular weight excluding hydrogens is 287 g/mol. The molecular formula is C12H10F3N5O. The molecule has 0 aliphatic rings. The molecule has 2 N–H and O–H groups in total. The number of H-pyrrole nitrogens is 1. The Morgan fingerprint density at radius 2 is 2.05 bits per heavy atom. The summed E-state index contributed by atoms with van der Waals surface area (Å²) in [6.45, 7) is -0.178. The molecule has 0 aliphatic carbocycles. The van der Waals surface area contributed by atoms with Gasteiger partial charge in [0, 0.05) is 18.5 Å². The van der Waals surface area contributed by atoms with Gasteiger partial charge in [0.05, 0.1) is 6.54 Å². The molecule has 0 radical (unpaired) electrons. The summed E-state index contributed by atoms with van der Waals surface area (Å²) in [5.41, 5.74) is 0.777. The molecule has 9 heteroatoms. The van der Waals surface area contributed by atoms with E-state index in [4.69, 9.17) is 0 Å². The summed E-state index contributed by atoms with van der Waals surface area (Å²) in [5, 5.41) is 7.53. The fourth-order valence-electron chi connectivity index (χ4n) is 1.38. The molecule has 6 nitrogen and oxygen atoms in total. The van der Waals surface area contributed by atoms with E-state index in [0.717, 1.165) is 5.56 Å². The highest BCUT2D eigenvalue weighted by Crippen LogP contribution is 2.25. The quantitative estimate of drug-likeness (QED) is 0.839. The molecule has 1 amide bonds. The van der Waals surface area contributed by atoms with E-state index in [1.165, 1.54) is 6.08 Å². The van der Waals surface area contributed by atoms with Crippen LogP contribution >= 0.6 is 0 Å². The van der Waals surface area contributed by atoms with E-state index in [2.05, 4.69) is 25.5 Å². The first-order chi connectivity index (χ1) is 9.95. The van der Waals surface area contributed by atoms with Crippen LogP contribution in [0.5, 0.6) is 0 Å². The first-order valence-corrected chi connectivity index (χ1v) is 5.79. The van der Waals surface area contributed by atoms with Gasteiger partial charge in [0.1, 0.15) is 5.82 Å². The first-order valence-electron chi connectivity index (χ1n) is 5.79. The van der Waals surface area contributed by atoms with Crippen molar-refractivity contribution in [3.05, 3.63) is 47.8 Å². The van der Waals surface area contributed by atoms with E-state index in [1.54, 1.807) is 30.6 Å². The number of alkyl halides is 3. The summed E-state index contributed by atoms with van der Waals surface area (Å²) in [7, 11) is 0. The fraction of sp³-hybridized carbons (Fsp3) is 0.167.